The summed E-state index contributed by atoms with van der Waals surface area (Å²) in [5.74, 6) is 0. The number of rotatable bonds is 7. The summed E-state index contributed by atoms with van der Waals surface area (Å²) in [7, 11) is 0. The molecule has 0 bridgehead atoms. The van der Waals surface area contributed by atoms with Crippen LogP contribution in [-0.4, -0.2) is 6.29 Å². The van der Waals surface area contributed by atoms with Gasteiger partial charge in [-0.3, -0.25) is 0 Å². The lowest BCUT2D eigenvalue weighted by atomic mass is 10.1. The van der Waals surface area contributed by atoms with Crippen LogP contribution < -0.4 is 0 Å². The van der Waals surface area contributed by atoms with Crippen LogP contribution in [0.25, 0.3) is 0 Å². The molecular formula is C10H15NO. The highest BCUT2D eigenvalue weighted by atomic mass is 16.1. The largest absolute Gasteiger partial charge is 0.303 e. The van der Waals surface area contributed by atoms with Crippen LogP contribution in [0.1, 0.15) is 38.5 Å². The smallest absolute Gasteiger partial charge is 0.119 e. The molecule has 2 heteroatoms. The van der Waals surface area contributed by atoms with Crippen LogP contribution in [-0.2, 0) is 4.79 Å². The number of carbonyl (C=O) groups is 1. The van der Waals surface area contributed by atoms with E-state index in [9.17, 15) is 4.79 Å². The first-order valence-electron chi connectivity index (χ1n) is 4.40. The standard InChI is InChI=1S/C10H15NO/c11-9-7-5-3-1-2-4-6-8-10-12/h5,7,10H,1-4,6,8H2/b7-5+. The molecule has 0 aromatic rings. The molecule has 0 unspecified atom stereocenters. The van der Waals surface area contributed by atoms with Gasteiger partial charge in [0.2, 0.25) is 0 Å². The number of unbranched alkanes of at least 4 members (excludes halogenated alkanes) is 5. The lowest BCUT2D eigenvalue weighted by Gasteiger charge is -1.94. The van der Waals surface area contributed by atoms with Gasteiger partial charge in [0.05, 0.1) is 6.07 Å². The Labute approximate surface area is 73.9 Å². The fourth-order valence-electron chi connectivity index (χ4n) is 0.979. The molecule has 12 heavy (non-hydrogen) atoms. The van der Waals surface area contributed by atoms with Crippen LogP contribution >= 0.6 is 0 Å². The molecule has 2 nitrogen and oxygen atoms in total. The highest BCUT2D eigenvalue weighted by Crippen LogP contribution is 2.04. The normalized spacial score (nSPS) is 9.92. The Hall–Kier alpha value is -1.10. The summed E-state index contributed by atoms with van der Waals surface area (Å²) in [5, 5.41) is 8.16. The quantitative estimate of drug-likeness (QED) is 0.330. The van der Waals surface area contributed by atoms with Crippen LogP contribution in [0.15, 0.2) is 12.2 Å². The molecule has 0 aliphatic heterocycles. The minimum Gasteiger partial charge on any atom is -0.303 e. The summed E-state index contributed by atoms with van der Waals surface area (Å²) in [6.45, 7) is 0. The number of carbonyl (C=O) groups excluding carboxylic acids is 1. The van der Waals surface area contributed by atoms with E-state index in [0.29, 0.717) is 6.42 Å². The molecule has 0 spiro atoms. The second-order valence-electron chi connectivity index (χ2n) is 2.69. The first kappa shape index (κ1) is 10.9. The van der Waals surface area contributed by atoms with Crippen molar-refractivity contribution >= 4 is 6.29 Å². The van der Waals surface area contributed by atoms with Crippen LogP contribution in [0, 0.1) is 11.3 Å². The van der Waals surface area contributed by atoms with Gasteiger partial charge in [-0.15, -0.1) is 0 Å². The molecule has 0 aromatic heterocycles. The minimum absolute atomic E-state index is 0.689. The maximum absolute atomic E-state index is 9.93. The Kier molecular flexibility index (Phi) is 8.99. The van der Waals surface area contributed by atoms with E-state index in [1.807, 2.05) is 12.1 Å². The van der Waals surface area contributed by atoms with Gasteiger partial charge in [-0.25, -0.2) is 0 Å². The van der Waals surface area contributed by atoms with Gasteiger partial charge in [0, 0.05) is 12.5 Å². The Bertz CT molecular complexity index is 167. The van der Waals surface area contributed by atoms with Gasteiger partial charge >= 0.3 is 0 Å². The van der Waals surface area contributed by atoms with Crippen molar-refractivity contribution in [2.45, 2.75) is 38.5 Å². The van der Waals surface area contributed by atoms with E-state index in [4.69, 9.17) is 5.26 Å². The Balaban J connectivity index is 2.96. The van der Waals surface area contributed by atoms with Crippen LogP contribution in [0.3, 0.4) is 0 Å². The average molecular weight is 165 g/mol. The van der Waals surface area contributed by atoms with Gasteiger partial charge in [0.25, 0.3) is 0 Å². The summed E-state index contributed by atoms with van der Waals surface area (Å²) in [4.78, 5) is 9.93. The summed E-state index contributed by atoms with van der Waals surface area (Å²) in [5.41, 5.74) is 0. The van der Waals surface area contributed by atoms with Crippen molar-refractivity contribution in [2.24, 2.45) is 0 Å². The Morgan fingerprint density at radius 1 is 1.08 bits per heavy atom. The van der Waals surface area contributed by atoms with E-state index >= 15 is 0 Å². The number of allylic oxidation sites excluding steroid dienone is 2. The number of hydrogen-bond acceptors (Lipinski definition) is 2. The number of hydrogen-bond donors (Lipinski definition) is 0. The molecule has 66 valence electrons. The fourth-order valence-corrected chi connectivity index (χ4v) is 0.979. The van der Waals surface area contributed by atoms with E-state index in [1.165, 1.54) is 6.08 Å². The number of aldehydes is 1. The molecule has 0 amide bonds. The molecule has 0 aliphatic rings. The van der Waals surface area contributed by atoms with Crippen molar-refractivity contribution in [3.63, 3.8) is 0 Å². The summed E-state index contributed by atoms with van der Waals surface area (Å²) < 4.78 is 0. The first-order valence-corrected chi connectivity index (χ1v) is 4.40. The predicted octanol–water partition coefficient (Wildman–Crippen LogP) is 2.61. The molecule has 0 aliphatic carbocycles. The molecule has 0 N–H and O–H groups in total. The molecular weight excluding hydrogens is 150 g/mol. The second-order valence-corrected chi connectivity index (χ2v) is 2.69. The van der Waals surface area contributed by atoms with Gasteiger partial charge in [-0.05, 0) is 19.3 Å². The summed E-state index contributed by atoms with van der Waals surface area (Å²) >= 11 is 0. The average Bonchev–Trinajstić information content (AvgIpc) is 2.10. The summed E-state index contributed by atoms with van der Waals surface area (Å²) in [6, 6.07) is 1.95. The molecule has 0 rings (SSSR count). The third kappa shape index (κ3) is 8.90. The maximum atomic E-state index is 9.93. The topological polar surface area (TPSA) is 40.9 Å². The molecule has 0 saturated heterocycles. The van der Waals surface area contributed by atoms with Gasteiger partial charge in [0.15, 0.2) is 0 Å². The Morgan fingerprint density at radius 3 is 2.33 bits per heavy atom. The van der Waals surface area contributed by atoms with Crippen molar-refractivity contribution in [3.05, 3.63) is 12.2 Å². The van der Waals surface area contributed by atoms with Crippen molar-refractivity contribution in [1.82, 2.24) is 0 Å². The monoisotopic (exact) mass is 165 g/mol. The second kappa shape index (κ2) is 9.90. The van der Waals surface area contributed by atoms with E-state index in [0.717, 1.165) is 38.4 Å². The lowest BCUT2D eigenvalue weighted by molar-refractivity contribution is -0.107. The van der Waals surface area contributed by atoms with Gasteiger partial charge in [-0.2, -0.15) is 5.26 Å². The van der Waals surface area contributed by atoms with Gasteiger partial charge in [-0.1, -0.05) is 18.9 Å². The van der Waals surface area contributed by atoms with Gasteiger partial charge < -0.3 is 4.79 Å². The minimum atomic E-state index is 0.689. The van der Waals surface area contributed by atoms with E-state index in [1.54, 1.807) is 0 Å². The van der Waals surface area contributed by atoms with Crippen LogP contribution in [0.4, 0.5) is 0 Å². The van der Waals surface area contributed by atoms with Crippen LogP contribution in [0.2, 0.25) is 0 Å². The number of nitriles is 1. The van der Waals surface area contributed by atoms with Crippen molar-refractivity contribution < 1.29 is 4.79 Å². The van der Waals surface area contributed by atoms with Crippen molar-refractivity contribution in [3.8, 4) is 6.07 Å². The lowest BCUT2D eigenvalue weighted by Crippen LogP contribution is -1.78. The predicted molar refractivity (Wildman–Crippen MR) is 48.5 cm³/mol. The Morgan fingerprint density at radius 2 is 1.75 bits per heavy atom. The molecule has 0 saturated carbocycles. The van der Waals surface area contributed by atoms with E-state index in [2.05, 4.69) is 0 Å². The van der Waals surface area contributed by atoms with Crippen molar-refractivity contribution in [2.75, 3.05) is 0 Å². The third-order valence-electron chi connectivity index (χ3n) is 1.64. The third-order valence-corrected chi connectivity index (χ3v) is 1.64. The maximum Gasteiger partial charge on any atom is 0.119 e. The molecule has 0 radical (unpaired) electrons. The molecule has 0 fully saturated rings. The molecule has 0 aromatic carbocycles. The number of nitrogens with zero attached hydrogens (tertiary/aromatic N) is 1. The SMILES string of the molecule is N#C/C=C/CCCCCCC=O. The van der Waals surface area contributed by atoms with Crippen molar-refractivity contribution in [1.29, 1.82) is 5.26 Å². The fraction of sp³-hybridized carbons (Fsp3) is 0.600. The molecule has 0 atom stereocenters. The zero-order chi connectivity index (χ0) is 9.07. The zero-order valence-electron chi connectivity index (χ0n) is 7.33. The van der Waals surface area contributed by atoms with Gasteiger partial charge in [0.1, 0.15) is 6.29 Å². The van der Waals surface area contributed by atoms with E-state index in [-0.39, 0.29) is 0 Å². The molecule has 0 heterocycles. The zero-order valence-corrected chi connectivity index (χ0v) is 7.33. The summed E-state index contributed by atoms with van der Waals surface area (Å²) in [6.07, 6.45) is 10.5. The highest BCUT2D eigenvalue weighted by Gasteiger charge is 1.87. The van der Waals surface area contributed by atoms with Crippen LogP contribution in [0.5, 0.6) is 0 Å². The van der Waals surface area contributed by atoms with E-state index < -0.39 is 0 Å². The first-order chi connectivity index (χ1) is 5.91. The highest BCUT2D eigenvalue weighted by molar-refractivity contribution is 5.48.